The number of amides is 5. The molecule has 5 amide bonds. The smallest absolute Gasteiger partial charge is 0.325 e. The quantitative estimate of drug-likeness (QED) is 0.353. The van der Waals surface area contributed by atoms with Crippen LogP contribution in [0.3, 0.4) is 0 Å². The van der Waals surface area contributed by atoms with E-state index in [4.69, 9.17) is 4.74 Å². The third-order valence-corrected chi connectivity index (χ3v) is 6.81. The van der Waals surface area contributed by atoms with Crippen molar-refractivity contribution in [3.63, 3.8) is 0 Å². The van der Waals surface area contributed by atoms with E-state index in [9.17, 15) is 34.2 Å². The number of imide groups is 1. The second kappa shape index (κ2) is 10.8. The number of nitrogens with one attached hydrogen (secondary N) is 2. The molecular weight excluding hydrogens is 508 g/mol. The lowest BCUT2D eigenvalue weighted by atomic mass is 10.0. The molecule has 0 aromatic heterocycles. The summed E-state index contributed by atoms with van der Waals surface area (Å²) < 4.78 is 5.72. The molecule has 0 spiro atoms. The van der Waals surface area contributed by atoms with Crippen molar-refractivity contribution in [3.8, 4) is 0 Å². The molecule has 202 valence electrons. The normalized spacial score (nSPS) is 26.0. The van der Waals surface area contributed by atoms with E-state index < -0.39 is 66.8 Å². The summed E-state index contributed by atoms with van der Waals surface area (Å²) in [5, 5.41) is 26.3. The number of Topliss-reactive ketones (excluding diaryl/α,β-unsaturated/α-hetero) is 1. The van der Waals surface area contributed by atoms with Crippen LogP contribution in [-0.2, 0) is 9.53 Å². The van der Waals surface area contributed by atoms with E-state index >= 15 is 0 Å². The molecular formula is C27H26N4O8. The Morgan fingerprint density at radius 3 is 2.21 bits per heavy atom. The summed E-state index contributed by atoms with van der Waals surface area (Å²) in [5.41, 5.74) is 0.900. The lowest BCUT2D eigenvalue weighted by molar-refractivity contribution is -0.120. The Balaban J connectivity index is 1.14. The summed E-state index contributed by atoms with van der Waals surface area (Å²) in [6, 6.07) is 14.1. The predicted molar refractivity (Wildman–Crippen MR) is 134 cm³/mol. The van der Waals surface area contributed by atoms with Gasteiger partial charge in [0.1, 0.15) is 18.4 Å². The number of ether oxygens (including phenoxy) is 1. The van der Waals surface area contributed by atoms with Crippen LogP contribution in [0.2, 0.25) is 0 Å². The zero-order valence-electron chi connectivity index (χ0n) is 20.6. The summed E-state index contributed by atoms with van der Waals surface area (Å²) in [6.07, 6.45) is -3.19. The van der Waals surface area contributed by atoms with Gasteiger partial charge in [-0.2, -0.15) is 0 Å². The van der Waals surface area contributed by atoms with E-state index in [0.29, 0.717) is 5.56 Å². The zero-order chi connectivity index (χ0) is 27.7. The second-order valence-corrected chi connectivity index (χ2v) is 9.38. The van der Waals surface area contributed by atoms with Gasteiger partial charge in [-0.05, 0) is 36.8 Å². The van der Waals surface area contributed by atoms with Crippen molar-refractivity contribution >= 4 is 29.5 Å². The number of carbonyl (C=O) groups is 5. The molecule has 12 nitrogen and oxygen atoms in total. The van der Waals surface area contributed by atoms with Gasteiger partial charge in [0.05, 0.1) is 23.8 Å². The van der Waals surface area contributed by atoms with Crippen molar-refractivity contribution in [3.05, 3.63) is 83.6 Å². The molecule has 1 fully saturated rings. The molecule has 0 bridgehead atoms. The summed E-state index contributed by atoms with van der Waals surface area (Å²) in [6.45, 7) is -0.422. The Bertz CT molecular complexity index is 1310. The number of nitrogens with zero attached hydrogens (tertiary/aromatic N) is 2. The van der Waals surface area contributed by atoms with Crippen LogP contribution in [0.25, 0.3) is 0 Å². The topological polar surface area (TPSA) is 166 Å². The van der Waals surface area contributed by atoms with Gasteiger partial charge in [-0.1, -0.05) is 30.3 Å². The van der Waals surface area contributed by atoms with Crippen LogP contribution in [0.4, 0.5) is 4.79 Å². The molecule has 0 saturated carbocycles. The van der Waals surface area contributed by atoms with E-state index in [0.717, 1.165) is 9.80 Å². The van der Waals surface area contributed by atoms with Gasteiger partial charge >= 0.3 is 6.03 Å². The van der Waals surface area contributed by atoms with E-state index in [1.54, 1.807) is 42.5 Å². The Morgan fingerprint density at radius 2 is 1.56 bits per heavy atom. The highest BCUT2D eigenvalue weighted by atomic mass is 16.6. The van der Waals surface area contributed by atoms with Gasteiger partial charge in [-0.25, -0.2) is 4.79 Å². The number of aliphatic hydroxyl groups excluding tert-OH is 2. The first kappa shape index (κ1) is 26.2. The second-order valence-electron chi connectivity index (χ2n) is 9.38. The lowest BCUT2D eigenvalue weighted by Gasteiger charge is -2.32. The SMILES string of the molecule is O=C(CC[C@H]1O[C@@H](N2C=CC(NC(=O)c3ccccc3)NC2=O)C(O)[C@H]1O)CN1C(=O)c2ccccc2C1=O. The minimum atomic E-state index is -1.47. The van der Waals surface area contributed by atoms with Gasteiger partial charge in [-0.3, -0.25) is 29.0 Å². The third kappa shape index (κ3) is 5.17. The number of hydrogen-bond acceptors (Lipinski definition) is 8. The molecule has 5 atom stereocenters. The van der Waals surface area contributed by atoms with Crippen molar-refractivity contribution < 1.29 is 38.9 Å². The van der Waals surface area contributed by atoms with Crippen LogP contribution in [0, 0.1) is 0 Å². The minimum Gasteiger partial charge on any atom is -0.388 e. The highest BCUT2D eigenvalue weighted by Crippen LogP contribution is 2.29. The van der Waals surface area contributed by atoms with Crippen LogP contribution in [-0.4, -0.2) is 86.8 Å². The standard InChI is InChI=1S/C27H26N4O8/c32-16(14-31-24(36)17-8-4-5-9-18(17)25(31)37)10-11-19-21(33)22(34)26(39-19)30-13-12-20(29-27(30)38)28-23(35)15-6-2-1-3-7-15/h1-9,12-13,19-22,26,33-34H,10-11,14H2,(H,28,35)(H,29,38)/t19-,20?,21+,22?,26-/m1/s1. The molecule has 0 radical (unpaired) electrons. The average molecular weight is 535 g/mol. The summed E-state index contributed by atoms with van der Waals surface area (Å²) in [7, 11) is 0. The Morgan fingerprint density at radius 1 is 0.923 bits per heavy atom. The van der Waals surface area contributed by atoms with Crippen LogP contribution < -0.4 is 10.6 Å². The number of aliphatic hydroxyl groups is 2. The number of rotatable bonds is 8. The molecule has 3 aliphatic heterocycles. The van der Waals surface area contributed by atoms with Crippen LogP contribution >= 0.6 is 0 Å². The lowest BCUT2D eigenvalue weighted by Crippen LogP contribution is -2.57. The maximum atomic E-state index is 12.7. The number of hydrogen-bond donors (Lipinski definition) is 4. The molecule has 5 rings (SSSR count). The van der Waals surface area contributed by atoms with Crippen LogP contribution in [0.5, 0.6) is 0 Å². The molecule has 2 aromatic carbocycles. The number of carbonyl (C=O) groups excluding carboxylic acids is 5. The van der Waals surface area contributed by atoms with Gasteiger partial charge in [0.2, 0.25) is 0 Å². The molecule has 12 heteroatoms. The fraction of sp³-hybridized carbons (Fsp3) is 0.296. The first-order chi connectivity index (χ1) is 18.7. The molecule has 2 unspecified atom stereocenters. The van der Waals surface area contributed by atoms with E-state index in [1.165, 1.54) is 24.4 Å². The Labute approximate surface area is 222 Å². The van der Waals surface area contributed by atoms with Crippen molar-refractivity contribution in [2.75, 3.05) is 6.54 Å². The van der Waals surface area contributed by atoms with Crippen molar-refractivity contribution in [1.82, 2.24) is 20.4 Å². The average Bonchev–Trinajstić information content (AvgIpc) is 3.35. The van der Waals surface area contributed by atoms with Crippen molar-refractivity contribution in [2.24, 2.45) is 0 Å². The highest BCUT2D eigenvalue weighted by molar-refractivity contribution is 6.22. The van der Waals surface area contributed by atoms with E-state index in [1.807, 2.05) is 0 Å². The maximum absolute atomic E-state index is 12.7. The number of urea groups is 1. The van der Waals surface area contributed by atoms with Gasteiger partial charge < -0.3 is 25.6 Å². The fourth-order valence-corrected chi connectivity index (χ4v) is 4.74. The summed E-state index contributed by atoms with van der Waals surface area (Å²) in [4.78, 5) is 64.5. The molecule has 0 aliphatic carbocycles. The molecule has 4 N–H and O–H groups in total. The van der Waals surface area contributed by atoms with Gasteiger partial charge in [0, 0.05) is 18.2 Å². The third-order valence-electron chi connectivity index (χ3n) is 6.81. The Hall–Kier alpha value is -4.39. The largest absolute Gasteiger partial charge is 0.388 e. The fourth-order valence-electron chi connectivity index (χ4n) is 4.74. The zero-order valence-corrected chi connectivity index (χ0v) is 20.6. The Kier molecular flexibility index (Phi) is 7.24. The molecule has 3 aliphatic rings. The van der Waals surface area contributed by atoms with Crippen molar-refractivity contribution in [1.29, 1.82) is 0 Å². The van der Waals surface area contributed by atoms with Crippen molar-refractivity contribution in [2.45, 2.75) is 43.5 Å². The molecule has 39 heavy (non-hydrogen) atoms. The van der Waals surface area contributed by atoms with Gasteiger partial charge in [0.15, 0.2) is 12.0 Å². The summed E-state index contributed by atoms with van der Waals surface area (Å²) in [5.74, 6) is -1.90. The number of fused-ring (bicyclic) bond motifs is 1. The van der Waals surface area contributed by atoms with Crippen LogP contribution in [0.15, 0.2) is 66.9 Å². The van der Waals surface area contributed by atoms with Gasteiger partial charge in [-0.15, -0.1) is 0 Å². The molecule has 2 aromatic rings. The minimum absolute atomic E-state index is 0.00827. The van der Waals surface area contributed by atoms with Gasteiger partial charge in [0.25, 0.3) is 17.7 Å². The van der Waals surface area contributed by atoms with Crippen LogP contribution in [0.1, 0.15) is 43.9 Å². The van der Waals surface area contributed by atoms with E-state index in [2.05, 4.69) is 10.6 Å². The predicted octanol–water partition coefficient (Wildman–Crippen LogP) is 0.374. The molecule has 3 heterocycles. The molecule has 1 saturated heterocycles. The monoisotopic (exact) mass is 534 g/mol. The maximum Gasteiger partial charge on any atom is 0.325 e. The summed E-state index contributed by atoms with van der Waals surface area (Å²) >= 11 is 0. The number of benzene rings is 2. The first-order valence-electron chi connectivity index (χ1n) is 12.4. The van der Waals surface area contributed by atoms with E-state index in [-0.39, 0.29) is 24.0 Å². The number of ketones is 1. The first-order valence-corrected chi connectivity index (χ1v) is 12.4. The highest BCUT2D eigenvalue weighted by Gasteiger charge is 2.47.